The topological polar surface area (TPSA) is 146 Å². The van der Waals surface area contributed by atoms with Gasteiger partial charge in [0.1, 0.15) is 0 Å². The highest BCUT2D eigenvalue weighted by Crippen LogP contribution is 2.53. The van der Waals surface area contributed by atoms with Crippen LogP contribution in [-0.2, 0) is 0 Å². The smallest absolute Gasteiger partial charge is 0.377 e. The maximum atomic E-state index is 13.6. The van der Waals surface area contributed by atoms with Gasteiger partial charge < -0.3 is 25.8 Å². The van der Waals surface area contributed by atoms with Gasteiger partial charge in [-0.3, -0.25) is 9.59 Å². The zero-order valence-corrected chi connectivity index (χ0v) is 21.8. The molecule has 2 fully saturated rings. The quantitative estimate of drug-likeness (QED) is 0.322. The highest BCUT2D eigenvalue weighted by atomic mass is 35.5. The molecule has 3 atom stereocenters. The first-order valence-electron chi connectivity index (χ1n) is 12.0. The van der Waals surface area contributed by atoms with Crippen molar-refractivity contribution in [2.24, 2.45) is 17.6 Å². The number of fused-ring (bicyclic) bond motifs is 1. The van der Waals surface area contributed by atoms with E-state index in [2.05, 4.69) is 4.98 Å². The van der Waals surface area contributed by atoms with Crippen molar-refractivity contribution in [3.05, 3.63) is 75.4 Å². The van der Waals surface area contributed by atoms with E-state index >= 15 is 0 Å². The summed E-state index contributed by atoms with van der Waals surface area (Å²) in [6.07, 6.45) is 0.205. The van der Waals surface area contributed by atoms with Crippen LogP contribution >= 0.6 is 23.2 Å². The van der Waals surface area contributed by atoms with Crippen LogP contribution in [0.1, 0.15) is 45.5 Å². The van der Waals surface area contributed by atoms with Crippen LogP contribution in [0, 0.1) is 18.8 Å². The first-order chi connectivity index (χ1) is 17.9. The van der Waals surface area contributed by atoms with E-state index in [4.69, 9.17) is 33.7 Å². The van der Waals surface area contributed by atoms with Crippen LogP contribution in [0.2, 0.25) is 10.0 Å². The van der Waals surface area contributed by atoms with Gasteiger partial charge in [0.25, 0.3) is 5.91 Å². The molecular weight excluding hydrogens is 533 g/mol. The summed E-state index contributed by atoms with van der Waals surface area (Å²) in [6, 6.07) is 10.8. The lowest BCUT2D eigenvalue weighted by molar-refractivity contribution is -0.304. The Morgan fingerprint density at radius 3 is 2.39 bits per heavy atom. The van der Waals surface area contributed by atoms with E-state index in [-0.39, 0.29) is 33.8 Å². The number of aromatic nitrogens is 1. The third-order valence-electron chi connectivity index (χ3n) is 7.04. The maximum Gasteiger partial charge on any atom is 0.377 e. The Hall–Kier alpha value is -3.21. The minimum Gasteiger partial charge on any atom is -0.486 e. The monoisotopic (exact) mass is 557 g/mol. The van der Waals surface area contributed by atoms with Crippen LogP contribution in [0.15, 0.2) is 48.7 Å². The second kappa shape index (κ2) is 9.83. The Labute approximate surface area is 228 Å². The summed E-state index contributed by atoms with van der Waals surface area (Å²) in [4.78, 5) is 30.0. The second-order valence-corrected chi connectivity index (χ2v) is 10.6. The molecule has 2 aromatic carbocycles. The number of nitrogens with zero attached hydrogens (tertiary/aromatic N) is 2. The van der Waals surface area contributed by atoms with Gasteiger partial charge in [0.05, 0.1) is 16.7 Å². The Morgan fingerprint density at radius 2 is 1.76 bits per heavy atom. The molecule has 1 unspecified atom stereocenters. The molecule has 0 saturated heterocycles. The number of benzene rings is 2. The summed E-state index contributed by atoms with van der Waals surface area (Å²) in [5.41, 5.74) is 6.89. The van der Waals surface area contributed by atoms with E-state index in [0.29, 0.717) is 38.4 Å². The van der Waals surface area contributed by atoms with Crippen molar-refractivity contribution in [3.8, 4) is 16.9 Å². The van der Waals surface area contributed by atoms with Gasteiger partial charge in [0.2, 0.25) is 5.91 Å². The lowest BCUT2D eigenvalue weighted by atomic mass is 10.0. The number of aryl methyl sites for hydroxylation is 1. The number of halogens is 2. The van der Waals surface area contributed by atoms with Gasteiger partial charge in [0, 0.05) is 27.9 Å². The molecular formula is C27H25Cl2N3O6. The number of amides is 2. The molecule has 3 aromatic rings. The average molecular weight is 558 g/mol. The largest absolute Gasteiger partial charge is 0.486 e. The van der Waals surface area contributed by atoms with Gasteiger partial charge in [-0.2, -0.15) is 0 Å². The predicted octanol–water partition coefficient (Wildman–Crippen LogP) is 3.88. The van der Waals surface area contributed by atoms with Gasteiger partial charge in [-0.25, -0.2) is 9.88 Å². The van der Waals surface area contributed by atoms with Crippen LogP contribution in [-0.4, -0.2) is 44.3 Å². The molecule has 198 valence electrons. The molecule has 0 radical (unpaired) electrons. The number of hydrogen-bond acceptors (Lipinski definition) is 7. The van der Waals surface area contributed by atoms with E-state index in [9.17, 15) is 24.9 Å². The number of carbonyl (C=O) groups excluding carboxylic acids is 2. The van der Waals surface area contributed by atoms with Crippen molar-refractivity contribution in [2.45, 2.75) is 38.4 Å². The first kappa shape index (κ1) is 26.4. The summed E-state index contributed by atoms with van der Waals surface area (Å²) in [5.74, 6) is -0.850. The first-order valence-corrected chi connectivity index (χ1v) is 12.7. The lowest BCUT2D eigenvalue weighted by Crippen LogP contribution is -2.53. The van der Waals surface area contributed by atoms with Crippen molar-refractivity contribution >= 4 is 40.8 Å². The van der Waals surface area contributed by atoms with Crippen LogP contribution in [0.4, 0.5) is 5.82 Å². The van der Waals surface area contributed by atoms with Crippen molar-refractivity contribution < 1.29 is 29.6 Å². The molecule has 2 amide bonds. The Balaban J connectivity index is 1.64. The number of rotatable bonds is 7. The normalized spacial score (nSPS) is 20.1. The maximum absolute atomic E-state index is 13.6. The van der Waals surface area contributed by atoms with Crippen LogP contribution in [0.3, 0.4) is 0 Å². The molecule has 0 spiro atoms. The summed E-state index contributed by atoms with van der Waals surface area (Å²) >= 11 is 12.7. The number of nitrogens with two attached hydrogens (primary N) is 1. The molecule has 2 saturated carbocycles. The zero-order valence-electron chi connectivity index (χ0n) is 20.3. The Kier molecular flexibility index (Phi) is 6.83. The Bertz CT molecular complexity index is 1410. The molecule has 2 aliphatic rings. The molecule has 2 aliphatic carbocycles. The van der Waals surface area contributed by atoms with Gasteiger partial charge in [0.15, 0.2) is 11.6 Å². The van der Waals surface area contributed by atoms with Gasteiger partial charge in [-0.1, -0.05) is 35.3 Å². The fraction of sp³-hybridized carbons (Fsp3) is 0.296. The fourth-order valence-electron chi connectivity index (χ4n) is 5.06. The summed E-state index contributed by atoms with van der Waals surface area (Å²) < 4.78 is 6.25. The van der Waals surface area contributed by atoms with Gasteiger partial charge in [-0.15, -0.1) is 0 Å². The molecule has 1 aromatic heterocycles. The number of hydrogen-bond donors (Lipinski definition) is 4. The van der Waals surface area contributed by atoms with E-state index in [1.54, 1.807) is 19.1 Å². The number of carbonyl (C=O) groups is 2. The lowest BCUT2D eigenvalue weighted by Gasteiger charge is -2.32. The summed E-state index contributed by atoms with van der Waals surface area (Å²) in [7, 11) is 0. The number of ether oxygens (including phenoxy) is 1. The van der Waals surface area contributed by atoms with E-state index in [1.165, 1.54) is 36.5 Å². The molecule has 9 nitrogen and oxygen atoms in total. The van der Waals surface area contributed by atoms with Gasteiger partial charge >= 0.3 is 6.10 Å². The van der Waals surface area contributed by atoms with E-state index in [0.717, 1.165) is 19.3 Å². The van der Waals surface area contributed by atoms with Gasteiger partial charge in [-0.05, 0) is 73.9 Å². The SMILES string of the molecule is Cc1cccc(Cl)c1C(=O)N(c1ncc(-c2cc(C(N)=O)ccc2Cl)cc1OC1C[C@@H]2C[C@@H]2C1)C(O)(O)O. The van der Waals surface area contributed by atoms with Crippen molar-refractivity contribution in [1.82, 2.24) is 4.98 Å². The standard InChI is InChI=1S/C27H25Cl2N3O6/c1-13-3-2-4-21(29)23(13)26(34)32(27(35,36)37)25-22(38-18-8-15-7-16(15)9-18)11-17(12-31-25)19-10-14(24(30)33)5-6-20(19)28/h2-6,10-12,15-16,18,35-37H,7-9H2,1H3,(H2,30,33)/t15-,16+,18?. The van der Waals surface area contributed by atoms with Crippen molar-refractivity contribution in [3.63, 3.8) is 0 Å². The third-order valence-corrected chi connectivity index (χ3v) is 7.68. The summed E-state index contributed by atoms with van der Waals surface area (Å²) in [5, 5.41) is 31.3. The van der Waals surface area contributed by atoms with Crippen molar-refractivity contribution in [1.29, 1.82) is 0 Å². The average Bonchev–Trinajstić information content (AvgIpc) is 3.44. The molecule has 0 aliphatic heterocycles. The third kappa shape index (κ3) is 5.08. The van der Waals surface area contributed by atoms with Crippen LogP contribution in [0.5, 0.6) is 5.75 Å². The molecule has 5 rings (SSSR count). The van der Waals surface area contributed by atoms with Crippen molar-refractivity contribution in [2.75, 3.05) is 4.90 Å². The minimum atomic E-state index is -3.64. The van der Waals surface area contributed by atoms with Crippen LogP contribution in [0.25, 0.3) is 11.1 Å². The van der Waals surface area contributed by atoms with Crippen LogP contribution < -0.4 is 15.4 Å². The second-order valence-electron chi connectivity index (χ2n) is 9.74. The zero-order chi connectivity index (χ0) is 27.4. The van der Waals surface area contributed by atoms with E-state index < -0.39 is 17.9 Å². The molecule has 0 bridgehead atoms. The molecule has 1 heterocycles. The number of aliphatic hydroxyl groups is 3. The molecule has 5 N–H and O–H groups in total. The summed E-state index contributed by atoms with van der Waals surface area (Å²) in [6.45, 7) is 1.62. The number of primary amides is 1. The number of anilines is 1. The fourth-order valence-corrected chi connectivity index (χ4v) is 5.59. The molecule has 38 heavy (non-hydrogen) atoms. The highest BCUT2D eigenvalue weighted by Gasteiger charge is 2.47. The highest BCUT2D eigenvalue weighted by molar-refractivity contribution is 6.35. The number of pyridine rings is 1. The minimum absolute atomic E-state index is 0.00827. The van der Waals surface area contributed by atoms with E-state index in [1.807, 2.05) is 0 Å². The predicted molar refractivity (Wildman–Crippen MR) is 141 cm³/mol. The molecule has 11 heteroatoms. The Morgan fingerprint density at radius 1 is 1.05 bits per heavy atom.